The number of carbonyl (C=O) groups excluding carboxylic acids is 1. The lowest BCUT2D eigenvalue weighted by Crippen LogP contribution is -2.26. The summed E-state index contributed by atoms with van der Waals surface area (Å²) >= 11 is 0. The lowest BCUT2D eigenvalue weighted by atomic mass is 9.84. The van der Waals surface area contributed by atoms with Crippen LogP contribution in [0.3, 0.4) is 0 Å². The summed E-state index contributed by atoms with van der Waals surface area (Å²) in [5.41, 5.74) is 6.58. The molecule has 0 aromatic rings. The van der Waals surface area contributed by atoms with E-state index in [0.717, 1.165) is 24.8 Å². The average molecular weight is 225 g/mol. The van der Waals surface area contributed by atoms with Crippen molar-refractivity contribution in [2.24, 2.45) is 11.7 Å². The third kappa shape index (κ3) is 4.35. The molecule has 0 spiro atoms. The molecule has 0 aliphatic heterocycles. The van der Waals surface area contributed by atoms with Crippen LogP contribution in [-0.2, 0) is 9.53 Å². The second kappa shape index (κ2) is 6.69. The zero-order valence-electron chi connectivity index (χ0n) is 10.4. The van der Waals surface area contributed by atoms with E-state index < -0.39 is 0 Å². The van der Waals surface area contributed by atoms with Crippen molar-refractivity contribution in [3.63, 3.8) is 0 Å². The molecule has 2 N–H and O–H groups in total. The molecule has 0 amide bonds. The van der Waals surface area contributed by atoms with Gasteiger partial charge in [0, 0.05) is 11.6 Å². The normalized spacial score (nSPS) is 26.6. The Kier molecular flexibility index (Phi) is 5.53. The molecule has 0 aromatic carbocycles. The van der Waals surface area contributed by atoms with Crippen LogP contribution < -0.4 is 5.73 Å². The van der Waals surface area contributed by atoms with Gasteiger partial charge in [0.25, 0.3) is 0 Å². The van der Waals surface area contributed by atoms with Crippen molar-refractivity contribution in [1.29, 1.82) is 0 Å². The van der Waals surface area contributed by atoms with E-state index in [2.05, 4.69) is 0 Å². The smallest absolute Gasteiger partial charge is 0.333 e. The van der Waals surface area contributed by atoms with Crippen LogP contribution in [-0.4, -0.2) is 18.6 Å². The Bertz CT molecular complexity index is 253. The fourth-order valence-electron chi connectivity index (χ4n) is 2.10. The summed E-state index contributed by atoms with van der Waals surface area (Å²) in [7, 11) is 0. The second-order valence-electron chi connectivity index (χ2n) is 4.62. The highest BCUT2D eigenvalue weighted by Crippen LogP contribution is 2.26. The van der Waals surface area contributed by atoms with E-state index in [1.54, 1.807) is 0 Å². The molecule has 0 heterocycles. The zero-order chi connectivity index (χ0) is 12.0. The Morgan fingerprint density at radius 1 is 1.38 bits per heavy atom. The summed E-state index contributed by atoms with van der Waals surface area (Å²) in [4.78, 5) is 11.4. The van der Waals surface area contributed by atoms with Crippen LogP contribution in [0.1, 0.15) is 46.0 Å². The Morgan fingerprint density at radius 2 is 2.00 bits per heavy atom. The van der Waals surface area contributed by atoms with Crippen molar-refractivity contribution in [1.82, 2.24) is 0 Å². The van der Waals surface area contributed by atoms with Crippen LogP contribution in [0.5, 0.6) is 0 Å². The van der Waals surface area contributed by atoms with Crippen LogP contribution in [0.2, 0.25) is 0 Å². The van der Waals surface area contributed by atoms with Gasteiger partial charge in [-0.2, -0.15) is 0 Å². The van der Waals surface area contributed by atoms with Crippen LogP contribution in [0.15, 0.2) is 11.6 Å². The molecule has 0 unspecified atom stereocenters. The topological polar surface area (TPSA) is 52.3 Å². The summed E-state index contributed by atoms with van der Waals surface area (Å²) in [6.07, 6.45) is 7.62. The maximum absolute atomic E-state index is 11.4. The third-order valence-corrected chi connectivity index (χ3v) is 3.25. The molecule has 16 heavy (non-hydrogen) atoms. The Labute approximate surface area is 98.0 Å². The molecule has 0 bridgehead atoms. The molecule has 0 atom stereocenters. The minimum absolute atomic E-state index is 0.185. The SMILES string of the molecule is CCOC(=O)/C(C)=C/C[C@H]1CC[C@@H](N)CC1. The van der Waals surface area contributed by atoms with E-state index in [9.17, 15) is 4.79 Å². The fourth-order valence-corrected chi connectivity index (χ4v) is 2.10. The quantitative estimate of drug-likeness (QED) is 0.590. The minimum Gasteiger partial charge on any atom is -0.463 e. The summed E-state index contributed by atoms with van der Waals surface area (Å²) < 4.78 is 4.93. The van der Waals surface area contributed by atoms with Crippen LogP contribution in [0.25, 0.3) is 0 Å². The van der Waals surface area contributed by atoms with E-state index in [0.29, 0.717) is 18.6 Å². The first kappa shape index (κ1) is 13.2. The molecule has 0 aromatic heterocycles. The van der Waals surface area contributed by atoms with E-state index in [1.807, 2.05) is 19.9 Å². The van der Waals surface area contributed by atoms with E-state index in [1.165, 1.54) is 12.8 Å². The van der Waals surface area contributed by atoms with Crippen LogP contribution in [0.4, 0.5) is 0 Å². The molecule has 0 radical (unpaired) electrons. The molecule has 1 saturated carbocycles. The number of esters is 1. The van der Waals surface area contributed by atoms with Crippen LogP contribution in [0, 0.1) is 5.92 Å². The number of nitrogens with two attached hydrogens (primary N) is 1. The van der Waals surface area contributed by atoms with Crippen molar-refractivity contribution in [3.8, 4) is 0 Å². The van der Waals surface area contributed by atoms with Crippen molar-refractivity contribution in [3.05, 3.63) is 11.6 Å². The van der Waals surface area contributed by atoms with Gasteiger partial charge in [0.15, 0.2) is 0 Å². The Hall–Kier alpha value is -0.830. The number of hydrogen-bond donors (Lipinski definition) is 1. The first-order valence-electron chi connectivity index (χ1n) is 6.23. The van der Waals surface area contributed by atoms with Gasteiger partial charge in [-0.25, -0.2) is 4.79 Å². The van der Waals surface area contributed by atoms with Gasteiger partial charge < -0.3 is 10.5 Å². The number of carbonyl (C=O) groups is 1. The van der Waals surface area contributed by atoms with Crippen molar-refractivity contribution in [2.75, 3.05) is 6.61 Å². The Balaban J connectivity index is 2.32. The molecular weight excluding hydrogens is 202 g/mol. The van der Waals surface area contributed by atoms with Gasteiger partial charge >= 0.3 is 5.97 Å². The molecule has 1 aliphatic carbocycles. The Morgan fingerprint density at radius 3 is 2.56 bits per heavy atom. The van der Waals surface area contributed by atoms with Gasteiger partial charge in [-0.15, -0.1) is 0 Å². The first-order chi connectivity index (χ1) is 7.63. The van der Waals surface area contributed by atoms with Gasteiger partial charge in [-0.1, -0.05) is 6.08 Å². The predicted molar refractivity (Wildman–Crippen MR) is 64.9 cm³/mol. The second-order valence-corrected chi connectivity index (χ2v) is 4.62. The summed E-state index contributed by atoms with van der Waals surface area (Å²) in [6, 6.07) is 0.395. The maximum Gasteiger partial charge on any atom is 0.333 e. The summed E-state index contributed by atoms with van der Waals surface area (Å²) in [5.74, 6) is 0.513. The summed E-state index contributed by atoms with van der Waals surface area (Å²) in [5, 5.41) is 0. The molecule has 1 rings (SSSR count). The molecule has 92 valence electrons. The minimum atomic E-state index is -0.185. The van der Waals surface area contributed by atoms with Crippen LogP contribution >= 0.6 is 0 Å². The monoisotopic (exact) mass is 225 g/mol. The van der Waals surface area contributed by atoms with Gasteiger partial charge in [0.2, 0.25) is 0 Å². The molecule has 1 aliphatic rings. The van der Waals surface area contributed by atoms with E-state index >= 15 is 0 Å². The highest BCUT2D eigenvalue weighted by Gasteiger charge is 2.17. The standard InChI is InChI=1S/C13H23NO2/c1-3-16-13(15)10(2)4-5-11-6-8-12(14)9-7-11/h4,11-12H,3,5-9,14H2,1-2H3/b10-4+/t11-,12+. The van der Waals surface area contributed by atoms with Crippen molar-refractivity contribution < 1.29 is 9.53 Å². The fraction of sp³-hybridized carbons (Fsp3) is 0.769. The van der Waals surface area contributed by atoms with Gasteiger partial charge in [-0.05, 0) is 51.9 Å². The number of hydrogen-bond acceptors (Lipinski definition) is 3. The highest BCUT2D eigenvalue weighted by atomic mass is 16.5. The zero-order valence-corrected chi connectivity index (χ0v) is 10.4. The van der Waals surface area contributed by atoms with Gasteiger partial charge in [-0.3, -0.25) is 0 Å². The van der Waals surface area contributed by atoms with Gasteiger partial charge in [0.1, 0.15) is 0 Å². The van der Waals surface area contributed by atoms with Crippen molar-refractivity contribution in [2.45, 2.75) is 52.0 Å². The average Bonchev–Trinajstić information content (AvgIpc) is 2.28. The van der Waals surface area contributed by atoms with E-state index in [-0.39, 0.29) is 5.97 Å². The number of rotatable bonds is 4. The molecular formula is C13H23NO2. The highest BCUT2D eigenvalue weighted by molar-refractivity contribution is 5.87. The molecule has 3 heteroatoms. The summed E-state index contributed by atoms with van der Waals surface area (Å²) in [6.45, 7) is 4.10. The number of ether oxygens (including phenoxy) is 1. The van der Waals surface area contributed by atoms with Gasteiger partial charge in [0.05, 0.1) is 6.61 Å². The third-order valence-electron chi connectivity index (χ3n) is 3.25. The van der Waals surface area contributed by atoms with E-state index in [4.69, 9.17) is 10.5 Å². The lowest BCUT2D eigenvalue weighted by Gasteiger charge is -2.25. The molecule has 3 nitrogen and oxygen atoms in total. The molecule has 0 saturated heterocycles. The first-order valence-corrected chi connectivity index (χ1v) is 6.23. The van der Waals surface area contributed by atoms with Crippen molar-refractivity contribution >= 4 is 5.97 Å². The lowest BCUT2D eigenvalue weighted by molar-refractivity contribution is -0.138. The maximum atomic E-state index is 11.4. The number of allylic oxidation sites excluding steroid dienone is 1. The predicted octanol–water partition coefficient (Wildman–Crippen LogP) is 2.40. The largest absolute Gasteiger partial charge is 0.463 e. The molecule has 1 fully saturated rings.